The summed E-state index contributed by atoms with van der Waals surface area (Å²) in [6, 6.07) is 4.10. The molecule has 0 saturated carbocycles. The predicted molar refractivity (Wildman–Crippen MR) is 81.3 cm³/mol. The molecule has 19 heavy (non-hydrogen) atoms. The Balaban J connectivity index is 1.81. The Kier molecular flexibility index (Phi) is 3.91. The van der Waals surface area contributed by atoms with Crippen LogP contribution in [0, 0.1) is 5.92 Å². The molecule has 0 amide bonds. The molecule has 2 N–H and O–H groups in total. The number of hydrogen-bond donors (Lipinski definition) is 2. The Bertz CT molecular complexity index is 461. The molecule has 3 heterocycles. The number of rotatable bonds is 2. The minimum atomic E-state index is -0.214. The van der Waals surface area contributed by atoms with E-state index in [-0.39, 0.29) is 17.9 Å². The summed E-state index contributed by atoms with van der Waals surface area (Å²) >= 11 is 6.72. The molecule has 1 aromatic rings. The number of halogens is 2. The Labute approximate surface area is 129 Å². The molecular weight excluding hydrogens is 374 g/mol. The Morgan fingerprint density at radius 3 is 2.26 bits per heavy atom. The maximum atomic E-state index is 10.4. The molecule has 3 nitrogen and oxygen atoms in total. The molecule has 3 saturated heterocycles. The van der Waals surface area contributed by atoms with Crippen LogP contribution in [0.15, 0.2) is 21.1 Å². The van der Waals surface area contributed by atoms with Gasteiger partial charge >= 0.3 is 0 Å². The van der Waals surface area contributed by atoms with Gasteiger partial charge in [-0.3, -0.25) is 4.90 Å². The van der Waals surface area contributed by atoms with E-state index in [9.17, 15) is 10.2 Å². The normalized spacial score (nSPS) is 33.6. The lowest BCUT2D eigenvalue weighted by Gasteiger charge is -2.49. The fourth-order valence-corrected chi connectivity index (χ4v) is 4.63. The van der Waals surface area contributed by atoms with Gasteiger partial charge in [-0.15, -0.1) is 0 Å². The third-order valence-corrected chi connectivity index (χ3v) is 5.65. The van der Waals surface area contributed by atoms with Gasteiger partial charge in [-0.2, -0.15) is 0 Å². The monoisotopic (exact) mass is 389 g/mol. The Hall–Kier alpha value is -0.100. The van der Waals surface area contributed by atoms with Gasteiger partial charge in [-0.05, 0) is 87.8 Å². The lowest BCUT2D eigenvalue weighted by Crippen LogP contribution is -2.58. The highest BCUT2D eigenvalue weighted by atomic mass is 79.9. The van der Waals surface area contributed by atoms with E-state index in [1.165, 1.54) is 0 Å². The topological polar surface area (TPSA) is 43.7 Å². The van der Waals surface area contributed by atoms with Crippen molar-refractivity contribution in [1.82, 2.24) is 4.90 Å². The Morgan fingerprint density at radius 2 is 1.74 bits per heavy atom. The molecule has 0 aliphatic carbocycles. The highest BCUT2D eigenvalue weighted by molar-refractivity contribution is 9.11. The second-order valence-electron chi connectivity index (χ2n) is 5.54. The first-order chi connectivity index (χ1) is 9.06. The van der Waals surface area contributed by atoms with Crippen LogP contribution in [0.4, 0.5) is 0 Å². The molecule has 5 heteroatoms. The van der Waals surface area contributed by atoms with Crippen molar-refractivity contribution in [2.75, 3.05) is 13.1 Å². The van der Waals surface area contributed by atoms with Crippen molar-refractivity contribution < 1.29 is 10.2 Å². The summed E-state index contributed by atoms with van der Waals surface area (Å²) in [6.07, 6.45) is 2.87. The van der Waals surface area contributed by atoms with Crippen LogP contribution in [0.25, 0.3) is 0 Å². The molecule has 0 radical (unpaired) electrons. The van der Waals surface area contributed by atoms with Crippen LogP contribution >= 0.6 is 31.9 Å². The van der Waals surface area contributed by atoms with Crippen molar-refractivity contribution in [3.8, 4) is 5.75 Å². The zero-order valence-corrected chi connectivity index (χ0v) is 13.7. The van der Waals surface area contributed by atoms with Crippen molar-refractivity contribution in [2.24, 2.45) is 5.92 Å². The van der Waals surface area contributed by atoms with Crippen LogP contribution in [0.2, 0.25) is 0 Å². The molecule has 3 fully saturated rings. The average Bonchev–Trinajstić information content (AvgIpc) is 2.40. The van der Waals surface area contributed by atoms with E-state index in [2.05, 4.69) is 36.8 Å². The zero-order chi connectivity index (χ0) is 13.6. The van der Waals surface area contributed by atoms with Crippen molar-refractivity contribution in [3.05, 3.63) is 26.6 Å². The molecule has 2 atom stereocenters. The average molecular weight is 391 g/mol. The third-order valence-electron chi connectivity index (χ3n) is 4.44. The first-order valence-electron chi connectivity index (χ1n) is 6.65. The van der Waals surface area contributed by atoms with Crippen molar-refractivity contribution >= 4 is 31.9 Å². The van der Waals surface area contributed by atoms with Gasteiger partial charge in [0.1, 0.15) is 5.75 Å². The van der Waals surface area contributed by atoms with Crippen molar-refractivity contribution in [3.63, 3.8) is 0 Å². The molecule has 104 valence electrons. The number of phenols is 1. The largest absolute Gasteiger partial charge is 0.506 e. The first-order valence-corrected chi connectivity index (χ1v) is 8.24. The van der Waals surface area contributed by atoms with Crippen LogP contribution in [-0.2, 0) is 6.42 Å². The van der Waals surface area contributed by atoms with Crippen LogP contribution in [0.1, 0.15) is 18.4 Å². The summed E-state index contributed by atoms with van der Waals surface area (Å²) < 4.78 is 1.39. The van der Waals surface area contributed by atoms with E-state index in [0.717, 1.165) is 37.9 Å². The second kappa shape index (κ2) is 5.35. The second-order valence-corrected chi connectivity index (χ2v) is 7.25. The first kappa shape index (κ1) is 13.9. The molecule has 3 aliphatic heterocycles. The number of aliphatic hydroxyl groups is 1. The van der Waals surface area contributed by atoms with E-state index in [1.807, 2.05) is 12.1 Å². The number of piperidine rings is 3. The van der Waals surface area contributed by atoms with Crippen molar-refractivity contribution in [2.45, 2.75) is 31.4 Å². The minimum absolute atomic E-state index is 0.214. The summed E-state index contributed by atoms with van der Waals surface area (Å²) in [5, 5.41) is 20.1. The quantitative estimate of drug-likeness (QED) is 0.815. The molecule has 2 unspecified atom stereocenters. The van der Waals surface area contributed by atoms with Gasteiger partial charge in [0.25, 0.3) is 0 Å². The summed E-state index contributed by atoms with van der Waals surface area (Å²) in [5.41, 5.74) is 1.13. The Morgan fingerprint density at radius 1 is 1.16 bits per heavy atom. The number of phenolic OH excluding ortho intramolecular Hbond substituents is 1. The number of nitrogens with zero attached hydrogens (tertiary/aromatic N) is 1. The summed E-state index contributed by atoms with van der Waals surface area (Å²) in [6.45, 7) is 2.21. The van der Waals surface area contributed by atoms with E-state index in [1.54, 1.807) is 0 Å². The molecular formula is C14H17Br2NO2. The molecule has 0 aromatic heterocycles. The third kappa shape index (κ3) is 2.58. The van der Waals surface area contributed by atoms with E-state index < -0.39 is 0 Å². The van der Waals surface area contributed by atoms with Gasteiger partial charge in [0.15, 0.2) is 0 Å². The lowest BCUT2D eigenvalue weighted by atomic mass is 9.78. The molecule has 0 spiro atoms. The number of aliphatic hydroxyl groups excluding tert-OH is 1. The smallest absolute Gasteiger partial charge is 0.143 e. The maximum absolute atomic E-state index is 10.4. The van der Waals surface area contributed by atoms with E-state index >= 15 is 0 Å². The van der Waals surface area contributed by atoms with Gasteiger partial charge in [0.2, 0.25) is 0 Å². The minimum Gasteiger partial charge on any atom is -0.506 e. The molecule has 2 bridgehead atoms. The number of hydrogen-bond acceptors (Lipinski definition) is 3. The fourth-order valence-electron chi connectivity index (χ4n) is 3.35. The SMILES string of the molecule is Oc1c(Br)cc(CC2C(O)C3CCN2CC3)cc1Br. The summed E-state index contributed by atoms with van der Waals surface area (Å²) in [5.74, 6) is 0.703. The maximum Gasteiger partial charge on any atom is 0.143 e. The number of fused-ring (bicyclic) bond motifs is 3. The number of benzene rings is 1. The highest BCUT2D eigenvalue weighted by Gasteiger charge is 2.40. The molecule has 4 rings (SSSR count). The van der Waals surface area contributed by atoms with Crippen LogP contribution in [-0.4, -0.2) is 40.3 Å². The van der Waals surface area contributed by atoms with E-state index in [4.69, 9.17) is 0 Å². The fraction of sp³-hybridized carbons (Fsp3) is 0.571. The van der Waals surface area contributed by atoms with Crippen LogP contribution in [0.3, 0.4) is 0 Å². The molecule has 3 aliphatic rings. The zero-order valence-electron chi connectivity index (χ0n) is 10.5. The lowest BCUT2D eigenvalue weighted by molar-refractivity contribution is -0.0715. The van der Waals surface area contributed by atoms with Gasteiger partial charge in [-0.25, -0.2) is 0 Å². The van der Waals surface area contributed by atoms with Crippen LogP contribution in [0.5, 0.6) is 5.75 Å². The van der Waals surface area contributed by atoms with Gasteiger partial charge in [0.05, 0.1) is 15.0 Å². The van der Waals surface area contributed by atoms with Gasteiger partial charge in [-0.1, -0.05) is 0 Å². The van der Waals surface area contributed by atoms with Gasteiger partial charge < -0.3 is 10.2 Å². The van der Waals surface area contributed by atoms with Crippen LogP contribution < -0.4 is 0 Å². The summed E-state index contributed by atoms with van der Waals surface area (Å²) in [7, 11) is 0. The summed E-state index contributed by atoms with van der Waals surface area (Å²) in [4.78, 5) is 2.40. The van der Waals surface area contributed by atoms with Crippen molar-refractivity contribution in [1.29, 1.82) is 0 Å². The predicted octanol–water partition coefficient (Wildman–Crippen LogP) is 2.91. The van der Waals surface area contributed by atoms with E-state index in [0.29, 0.717) is 14.9 Å². The van der Waals surface area contributed by atoms with Gasteiger partial charge in [0, 0.05) is 6.04 Å². The standard InChI is InChI=1S/C14H17Br2NO2/c15-10-5-8(6-11(16)14(10)19)7-12-13(18)9-1-3-17(12)4-2-9/h5-6,9,12-13,18-19H,1-4,7H2. The highest BCUT2D eigenvalue weighted by Crippen LogP contribution is 2.37. The number of aromatic hydroxyl groups is 1. The molecule has 1 aromatic carbocycles.